The van der Waals surface area contributed by atoms with Crippen LogP contribution in [0, 0.1) is 0 Å². The Hall–Kier alpha value is -1.06. The largest absolute Gasteiger partial charge is 0.348 e. The summed E-state index contributed by atoms with van der Waals surface area (Å²) in [5.74, 6) is -0.0745. The van der Waals surface area contributed by atoms with Gasteiger partial charge >= 0.3 is 0 Å². The third-order valence-corrected chi connectivity index (χ3v) is 3.85. The van der Waals surface area contributed by atoms with Crippen molar-refractivity contribution in [3.8, 4) is 0 Å². The van der Waals surface area contributed by atoms with Crippen molar-refractivity contribution >= 4 is 18.3 Å². The number of fused-ring (bicyclic) bond motifs is 1. The van der Waals surface area contributed by atoms with Gasteiger partial charge in [0.15, 0.2) is 0 Å². The fourth-order valence-electron chi connectivity index (χ4n) is 2.67. The van der Waals surface area contributed by atoms with E-state index in [1.165, 1.54) is 11.1 Å². The number of rotatable bonds is 2. The summed E-state index contributed by atoms with van der Waals surface area (Å²) in [6.07, 6.45) is 2.05. The number of halogens is 1. The molecule has 19 heavy (non-hydrogen) atoms. The molecule has 1 aliphatic carbocycles. The minimum Gasteiger partial charge on any atom is -0.348 e. The highest BCUT2D eigenvalue weighted by Crippen LogP contribution is 2.41. The van der Waals surface area contributed by atoms with E-state index in [0.717, 1.165) is 12.8 Å². The maximum Gasteiger partial charge on any atom is 0.237 e. The number of hydrogen-bond acceptors (Lipinski definition) is 2. The van der Waals surface area contributed by atoms with Crippen LogP contribution in [-0.4, -0.2) is 11.9 Å². The Morgan fingerprint density at radius 3 is 2.68 bits per heavy atom. The van der Waals surface area contributed by atoms with Crippen LogP contribution >= 0.6 is 12.4 Å². The molecule has 0 spiro atoms. The lowest BCUT2D eigenvalue weighted by Gasteiger charge is -2.37. The predicted molar refractivity (Wildman–Crippen MR) is 80.5 cm³/mol. The number of nitrogens with two attached hydrogens (primary N) is 1. The maximum atomic E-state index is 11.7. The van der Waals surface area contributed by atoms with Gasteiger partial charge in [0.25, 0.3) is 0 Å². The normalized spacial score (nSPS) is 21.8. The van der Waals surface area contributed by atoms with E-state index in [9.17, 15) is 4.79 Å². The van der Waals surface area contributed by atoms with Crippen molar-refractivity contribution in [2.45, 2.75) is 51.1 Å². The van der Waals surface area contributed by atoms with Gasteiger partial charge in [0.1, 0.15) is 0 Å². The average Bonchev–Trinajstić information content (AvgIpc) is 2.33. The van der Waals surface area contributed by atoms with Crippen LogP contribution in [0.15, 0.2) is 24.3 Å². The van der Waals surface area contributed by atoms with Gasteiger partial charge in [-0.25, -0.2) is 0 Å². The molecule has 3 nitrogen and oxygen atoms in total. The molecule has 4 heteroatoms. The molecule has 106 valence electrons. The summed E-state index contributed by atoms with van der Waals surface area (Å²) >= 11 is 0. The summed E-state index contributed by atoms with van der Waals surface area (Å²) in [7, 11) is 0. The molecule has 1 aromatic carbocycles. The molecule has 0 aromatic heterocycles. The molecule has 1 unspecified atom stereocenters. The monoisotopic (exact) mass is 282 g/mol. The first-order chi connectivity index (χ1) is 8.42. The fourth-order valence-corrected chi connectivity index (χ4v) is 2.67. The Balaban J connectivity index is 0.00000180. The summed E-state index contributed by atoms with van der Waals surface area (Å²) in [5, 5.41) is 3.05. The van der Waals surface area contributed by atoms with Crippen LogP contribution in [0.25, 0.3) is 0 Å². The first kappa shape index (κ1) is 16.0. The molecule has 3 N–H and O–H groups in total. The van der Waals surface area contributed by atoms with Gasteiger partial charge in [-0.3, -0.25) is 4.79 Å². The van der Waals surface area contributed by atoms with E-state index in [4.69, 9.17) is 5.73 Å². The molecule has 0 heterocycles. The lowest BCUT2D eigenvalue weighted by molar-refractivity contribution is -0.122. The highest BCUT2D eigenvalue weighted by atomic mass is 35.5. The van der Waals surface area contributed by atoms with Crippen LogP contribution in [0.4, 0.5) is 0 Å². The molecule has 0 fully saturated rings. The zero-order chi connectivity index (χ0) is 13.3. The topological polar surface area (TPSA) is 55.1 Å². The third kappa shape index (κ3) is 3.28. The molecule has 0 aliphatic heterocycles. The summed E-state index contributed by atoms with van der Waals surface area (Å²) in [5.41, 5.74) is 8.38. The number of carbonyl (C=O) groups excluding carboxylic acids is 1. The summed E-state index contributed by atoms with van der Waals surface area (Å²) < 4.78 is 0. The Morgan fingerprint density at radius 1 is 1.42 bits per heavy atom. The van der Waals surface area contributed by atoms with Crippen molar-refractivity contribution in [1.29, 1.82) is 0 Å². The Bertz CT molecular complexity index is 457. The van der Waals surface area contributed by atoms with E-state index in [0.29, 0.717) is 0 Å². The van der Waals surface area contributed by atoms with E-state index in [1.54, 1.807) is 6.92 Å². The Labute approximate surface area is 121 Å². The van der Waals surface area contributed by atoms with E-state index >= 15 is 0 Å². The lowest BCUT2D eigenvalue weighted by atomic mass is 9.71. The van der Waals surface area contributed by atoms with Crippen LogP contribution in [0.2, 0.25) is 0 Å². The van der Waals surface area contributed by atoms with Gasteiger partial charge in [-0.15, -0.1) is 12.4 Å². The minimum atomic E-state index is -0.452. The fraction of sp³-hybridized carbons (Fsp3) is 0.533. The third-order valence-electron chi connectivity index (χ3n) is 3.85. The zero-order valence-corrected chi connectivity index (χ0v) is 12.6. The summed E-state index contributed by atoms with van der Waals surface area (Å²) in [4.78, 5) is 11.7. The smallest absolute Gasteiger partial charge is 0.237 e. The van der Waals surface area contributed by atoms with Gasteiger partial charge in [-0.05, 0) is 36.3 Å². The van der Waals surface area contributed by atoms with Crippen LogP contribution in [-0.2, 0) is 10.2 Å². The van der Waals surface area contributed by atoms with Crippen molar-refractivity contribution in [3.05, 3.63) is 35.4 Å². The summed E-state index contributed by atoms with van der Waals surface area (Å²) in [6, 6.07) is 8.03. The number of nitrogens with one attached hydrogen (secondary N) is 1. The molecular weight excluding hydrogens is 260 g/mol. The first-order valence-electron chi connectivity index (χ1n) is 6.57. The SMILES string of the molecule is C[C@@H](N)C(=O)NC1CCC(C)(C)c2ccccc21.Cl. The second-order valence-corrected chi connectivity index (χ2v) is 5.86. The van der Waals surface area contributed by atoms with Gasteiger partial charge in [0.05, 0.1) is 12.1 Å². The standard InChI is InChI=1S/C15H22N2O.ClH/c1-10(16)14(18)17-13-8-9-15(2,3)12-7-5-4-6-11(12)13;/h4-7,10,13H,8-9,16H2,1-3H3,(H,17,18);1H/t10-,13?;/m1./s1. The Kier molecular flexibility index (Phi) is 4.99. The number of benzene rings is 1. The van der Waals surface area contributed by atoms with Gasteiger partial charge in [-0.1, -0.05) is 38.1 Å². The number of amides is 1. The van der Waals surface area contributed by atoms with Gasteiger partial charge in [0, 0.05) is 0 Å². The van der Waals surface area contributed by atoms with Crippen LogP contribution in [0.5, 0.6) is 0 Å². The summed E-state index contributed by atoms with van der Waals surface area (Å²) in [6.45, 7) is 6.23. The molecule has 1 aromatic rings. The predicted octanol–water partition coefficient (Wildman–Crippen LogP) is 2.68. The lowest BCUT2D eigenvalue weighted by Crippen LogP contribution is -2.42. The van der Waals surface area contributed by atoms with Crippen molar-refractivity contribution < 1.29 is 4.79 Å². The molecule has 1 amide bonds. The molecule has 0 saturated heterocycles. The zero-order valence-electron chi connectivity index (χ0n) is 11.8. The van der Waals surface area contributed by atoms with E-state index in [2.05, 4.69) is 37.4 Å². The minimum absolute atomic E-state index is 0. The molecule has 0 saturated carbocycles. The Morgan fingerprint density at radius 2 is 2.05 bits per heavy atom. The van der Waals surface area contributed by atoms with Crippen LogP contribution in [0.1, 0.15) is 50.8 Å². The molecule has 2 rings (SSSR count). The number of carbonyl (C=O) groups is 1. The van der Waals surface area contributed by atoms with E-state index in [1.807, 2.05) is 6.07 Å². The van der Waals surface area contributed by atoms with Gasteiger partial charge in [0.2, 0.25) is 5.91 Å². The molecule has 1 aliphatic rings. The highest BCUT2D eigenvalue weighted by molar-refractivity contribution is 5.85. The first-order valence-corrected chi connectivity index (χ1v) is 6.57. The van der Waals surface area contributed by atoms with Crippen molar-refractivity contribution in [1.82, 2.24) is 5.32 Å². The maximum absolute atomic E-state index is 11.7. The molecule has 0 radical (unpaired) electrons. The van der Waals surface area contributed by atoms with Crippen molar-refractivity contribution in [3.63, 3.8) is 0 Å². The van der Waals surface area contributed by atoms with Crippen molar-refractivity contribution in [2.75, 3.05) is 0 Å². The van der Waals surface area contributed by atoms with Crippen LogP contribution < -0.4 is 11.1 Å². The quantitative estimate of drug-likeness (QED) is 0.876. The van der Waals surface area contributed by atoms with Gasteiger partial charge in [-0.2, -0.15) is 0 Å². The molecule has 2 atom stereocenters. The van der Waals surface area contributed by atoms with Gasteiger partial charge < -0.3 is 11.1 Å². The average molecular weight is 283 g/mol. The van der Waals surface area contributed by atoms with E-state index in [-0.39, 0.29) is 29.8 Å². The molecule has 0 bridgehead atoms. The number of hydrogen-bond donors (Lipinski definition) is 2. The highest BCUT2D eigenvalue weighted by Gasteiger charge is 2.33. The second kappa shape index (κ2) is 5.93. The van der Waals surface area contributed by atoms with Crippen molar-refractivity contribution in [2.24, 2.45) is 5.73 Å². The van der Waals surface area contributed by atoms with E-state index < -0.39 is 6.04 Å². The molecular formula is C15H23ClN2O. The second-order valence-electron chi connectivity index (χ2n) is 5.86. The van der Waals surface area contributed by atoms with Crippen LogP contribution in [0.3, 0.4) is 0 Å².